The van der Waals surface area contributed by atoms with Gasteiger partial charge < -0.3 is 19.5 Å². The first-order valence-electron chi connectivity index (χ1n) is 9.40. The topological polar surface area (TPSA) is 74.6 Å². The first-order chi connectivity index (χ1) is 14.6. The van der Waals surface area contributed by atoms with E-state index in [1.54, 1.807) is 20.5 Å². The summed E-state index contributed by atoms with van der Waals surface area (Å²) in [6.45, 7) is 0.126. The molecule has 0 spiro atoms. The molecule has 1 aliphatic heterocycles. The molecule has 0 bridgehead atoms. The number of methoxy groups -OCH3 is 2. The molecular formula is C23H21N3O4. The maximum atomic E-state index is 12.5. The predicted octanol–water partition coefficient (Wildman–Crippen LogP) is 3.38. The molecule has 0 saturated carbocycles. The van der Waals surface area contributed by atoms with Gasteiger partial charge in [-0.1, -0.05) is 18.1 Å². The van der Waals surface area contributed by atoms with Gasteiger partial charge in [-0.3, -0.25) is 9.36 Å². The number of hydrogen-bond acceptors (Lipinski definition) is 5. The zero-order valence-electron chi connectivity index (χ0n) is 16.7. The fourth-order valence-electron chi connectivity index (χ4n) is 3.58. The Labute approximate surface area is 174 Å². The van der Waals surface area contributed by atoms with Crippen molar-refractivity contribution >= 4 is 11.7 Å². The minimum Gasteiger partial charge on any atom is -0.497 e. The molecule has 0 radical (unpaired) electrons. The van der Waals surface area contributed by atoms with Gasteiger partial charge in [-0.2, -0.15) is 0 Å². The molecule has 4 rings (SSSR count). The fourth-order valence-corrected chi connectivity index (χ4v) is 3.58. The first-order valence-corrected chi connectivity index (χ1v) is 9.40. The second kappa shape index (κ2) is 8.21. The molecule has 2 heterocycles. The predicted molar refractivity (Wildman–Crippen MR) is 113 cm³/mol. The van der Waals surface area contributed by atoms with Crippen molar-refractivity contribution in [1.82, 2.24) is 9.55 Å². The van der Waals surface area contributed by atoms with E-state index in [0.717, 1.165) is 22.7 Å². The quantitative estimate of drug-likeness (QED) is 0.639. The third-order valence-corrected chi connectivity index (χ3v) is 5.01. The average Bonchev–Trinajstić information content (AvgIpc) is 3.20. The van der Waals surface area contributed by atoms with E-state index >= 15 is 0 Å². The molecule has 1 aromatic heterocycles. The number of terminal acetylenes is 1. The highest BCUT2D eigenvalue weighted by molar-refractivity contribution is 5.94. The number of nitrogens with one attached hydrogen (secondary N) is 1. The lowest BCUT2D eigenvalue weighted by molar-refractivity contribution is -0.116. The second-order valence-electron chi connectivity index (χ2n) is 6.76. The van der Waals surface area contributed by atoms with Gasteiger partial charge in [0.2, 0.25) is 5.91 Å². The Morgan fingerprint density at radius 3 is 2.83 bits per heavy atom. The van der Waals surface area contributed by atoms with Crippen molar-refractivity contribution in [2.45, 2.75) is 12.3 Å². The zero-order valence-corrected chi connectivity index (χ0v) is 16.7. The van der Waals surface area contributed by atoms with Gasteiger partial charge in [0.1, 0.15) is 24.5 Å². The number of fused-ring (bicyclic) bond motifs is 1. The highest BCUT2D eigenvalue weighted by Crippen LogP contribution is 2.40. The van der Waals surface area contributed by atoms with E-state index in [1.165, 1.54) is 0 Å². The highest BCUT2D eigenvalue weighted by atomic mass is 16.5. The molecule has 0 unspecified atom stereocenters. The van der Waals surface area contributed by atoms with Crippen LogP contribution in [0.2, 0.25) is 0 Å². The van der Waals surface area contributed by atoms with Crippen molar-refractivity contribution in [3.63, 3.8) is 0 Å². The van der Waals surface area contributed by atoms with E-state index < -0.39 is 0 Å². The van der Waals surface area contributed by atoms with Crippen molar-refractivity contribution in [2.24, 2.45) is 0 Å². The van der Waals surface area contributed by atoms with Crippen LogP contribution in [0.3, 0.4) is 0 Å². The number of ether oxygens (including phenoxy) is 3. The van der Waals surface area contributed by atoms with Gasteiger partial charge in [0, 0.05) is 18.4 Å². The standard InChI is InChI=1S/C23H21N3O4/c1-4-10-30-20-11-15(8-9-19(20)29-3)18-13-21(27)25-23-22(18)24-14-26(23)16-6-5-7-17(12-16)28-2/h1,5-9,11-12,14,18H,10,13H2,2-3H3,(H,25,27)/t18-/m1/s1. The maximum absolute atomic E-state index is 12.5. The van der Waals surface area contributed by atoms with Crippen molar-refractivity contribution in [3.05, 3.63) is 60.0 Å². The van der Waals surface area contributed by atoms with E-state index in [4.69, 9.17) is 20.6 Å². The smallest absolute Gasteiger partial charge is 0.226 e. The molecule has 1 aliphatic rings. The molecule has 0 fully saturated rings. The Hall–Kier alpha value is -3.92. The van der Waals surface area contributed by atoms with Crippen LogP contribution in [0, 0.1) is 12.3 Å². The molecule has 1 N–H and O–H groups in total. The van der Waals surface area contributed by atoms with Crippen LogP contribution in [0.4, 0.5) is 5.82 Å². The second-order valence-corrected chi connectivity index (χ2v) is 6.76. The van der Waals surface area contributed by atoms with Gasteiger partial charge >= 0.3 is 0 Å². The van der Waals surface area contributed by atoms with Crippen LogP contribution in [-0.4, -0.2) is 36.3 Å². The number of hydrogen-bond donors (Lipinski definition) is 1. The van der Waals surface area contributed by atoms with Crippen LogP contribution >= 0.6 is 0 Å². The lowest BCUT2D eigenvalue weighted by Gasteiger charge is -2.24. The number of aromatic nitrogens is 2. The summed E-state index contributed by atoms with van der Waals surface area (Å²) in [6.07, 6.45) is 7.30. The molecule has 0 aliphatic carbocycles. The van der Waals surface area contributed by atoms with Gasteiger partial charge in [-0.25, -0.2) is 4.98 Å². The van der Waals surface area contributed by atoms with Crippen molar-refractivity contribution in [2.75, 3.05) is 26.1 Å². The molecule has 1 amide bonds. The minimum absolute atomic E-state index is 0.0842. The van der Waals surface area contributed by atoms with Crippen molar-refractivity contribution in [1.29, 1.82) is 0 Å². The van der Waals surface area contributed by atoms with Crippen molar-refractivity contribution < 1.29 is 19.0 Å². The number of carbonyl (C=O) groups is 1. The van der Waals surface area contributed by atoms with Crippen LogP contribution in [-0.2, 0) is 4.79 Å². The Kier molecular flexibility index (Phi) is 5.31. The average molecular weight is 403 g/mol. The zero-order chi connectivity index (χ0) is 21.1. The lowest BCUT2D eigenvalue weighted by Crippen LogP contribution is -2.25. The van der Waals surface area contributed by atoms with Crippen molar-refractivity contribution in [3.8, 4) is 35.3 Å². The van der Waals surface area contributed by atoms with E-state index in [0.29, 0.717) is 17.3 Å². The number of imidazole rings is 1. The van der Waals surface area contributed by atoms with Crippen LogP contribution in [0.15, 0.2) is 48.8 Å². The lowest BCUT2D eigenvalue weighted by atomic mass is 9.89. The molecule has 152 valence electrons. The fraction of sp³-hybridized carbons (Fsp3) is 0.217. The summed E-state index contributed by atoms with van der Waals surface area (Å²) in [5.74, 6) is 4.63. The summed E-state index contributed by atoms with van der Waals surface area (Å²) in [6, 6.07) is 13.2. The first kappa shape index (κ1) is 19.4. The van der Waals surface area contributed by atoms with Crippen LogP contribution in [0.5, 0.6) is 17.2 Å². The summed E-state index contributed by atoms with van der Waals surface area (Å²) in [7, 11) is 3.18. The van der Waals surface area contributed by atoms with Gasteiger partial charge in [-0.15, -0.1) is 6.42 Å². The number of amides is 1. The number of anilines is 1. The summed E-state index contributed by atoms with van der Waals surface area (Å²) in [5, 5.41) is 2.95. The Bertz CT molecular complexity index is 1130. The summed E-state index contributed by atoms with van der Waals surface area (Å²) in [4.78, 5) is 17.2. The molecular weight excluding hydrogens is 382 g/mol. The SMILES string of the molecule is C#CCOc1cc([C@H]2CC(=O)Nc3c2ncn3-c2cccc(OC)c2)ccc1OC. The van der Waals surface area contributed by atoms with E-state index in [9.17, 15) is 4.79 Å². The number of carbonyl (C=O) groups excluding carboxylic acids is 1. The summed E-state index contributed by atoms with van der Waals surface area (Å²) in [5.41, 5.74) is 2.53. The Morgan fingerprint density at radius 2 is 2.07 bits per heavy atom. The van der Waals surface area contributed by atoms with Crippen LogP contribution in [0.1, 0.15) is 23.6 Å². The van der Waals surface area contributed by atoms with Gasteiger partial charge in [0.15, 0.2) is 11.5 Å². The highest BCUT2D eigenvalue weighted by Gasteiger charge is 2.31. The van der Waals surface area contributed by atoms with Crippen LogP contribution in [0.25, 0.3) is 5.69 Å². The molecule has 2 aromatic carbocycles. The largest absolute Gasteiger partial charge is 0.497 e. The summed E-state index contributed by atoms with van der Waals surface area (Å²) >= 11 is 0. The Balaban J connectivity index is 1.76. The van der Waals surface area contributed by atoms with Gasteiger partial charge in [0.05, 0.1) is 25.6 Å². The Morgan fingerprint density at radius 1 is 1.20 bits per heavy atom. The van der Waals surface area contributed by atoms with E-state index in [-0.39, 0.29) is 24.9 Å². The molecule has 30 heavy (non-hydrogen) atoms. The molecule has 1 atom stereocenters. The normalized spacial score (nSPS) is 15.0. The van der Waals surface area contributed by atoms with Gasteiger partial charge in [-0.05, 0) is 29.8 Å². The number of benzene rings is 2. The van der Waals surface area contributed by atoms with E-state index in [2.05, 4.69) is 16.2 Å². The third-order valence-electron chi connectivity index (χ3n) is 5.01. The molecule has 7 nitrogen and oxygen atoms in total. The summed E-state index contributed by atoms with van der Waals surface area (Å²) < 4.78 is 18.1. The van der Waals surface area contributed by atoms with Crippen LogP contribution < -0.4 is 19.5 Å². The molecule has 3 aromatic rings. The maximum Gasteiger partial charge on any atom is 0.226 e. The number of nitrogens with zero attached hydrogens (tertiary/aromatic N) is 2. The minimum atomic E-state index is -0.223. The van der Waals surface area contributed by atoms with E-state index in [1.807, 2.05) is 47.0 Å². The third kappa shape index (κ3) is 3.55. The van der Waals surface area contributed by atoms with Gasteiger partial charge in [0.25, 0.3) is 0 Å². The molecule has 7 heteroatoms. The monoisotopic (exact) mass is 403 g/mol. The number of rotatable bonds is 6. The molecule has 0 saturated heterocycles.